The van der Waals surface area contributed by atoms with E-state index < -0.39 is 15.4 Å². The molecule has 5 heteroatoms. The van der Waals surface area contributed by atoms with Crippen molar-refractivity contribution in [3.63, 3.8) is 0 Å². The van der Waals surface area contributed by atoms with Gasteiger partial charge in [-0.2, -0.15) is 8.42 Å². The predicted molar refractivity (Wildman–Crippen MR) is 102 cm³/mol. The van der Waals surface area contributed by atoms with E-state index in [4.69, 9.17) is 0 Å². The lowest BCUT2D eigenvalue weighted by Gasteiger charge is -2.13. The van der Waals surface area contributed by atoms with E-state index in [0.717, 1.165) is 51.4 Å². The molecule has 0 aliphatic carbocycles. The molecule has 2 unspecified atom stereocenters. The van der Waals surface area contributed by atoms with Gasteiger partial charge in [0, 0.05) is 0 Å². The van der Waals surface area contributed by atoms with Gasteiger partial charge in [-0.3, -0.25) is 4.55 Å². The van der Waals surface area contributed by atoms with E-state index in [1.807, 2.05) is 13.8 Å². The lowest BCUT2D eigenvalue weighted by molar-refractivity contribution is 0.156. The molecule has 24 heavy (non-hydrogen) atoms. The van der Waals surface area contributed by atoms with Gasteiger partial charge in [0.05, 0.1) is 11.4 Å². The summed E-state index contributed by atoms with van der Waals surface area (Å²) in [6.07, 6.45) is 15.1. The van der Waals surface area contributed by atoms with Gasteiger partial charge in [0.1, 0.15) is 0 Å². The Balaban J connectivity index is 3.49. The first-order valence-electron chi connectivity index (χ1n) is 10.1. The Hall–Kier alpha value is -0.130. The highest BCUT2D eigenvalue weighted by Gasteiger charge is 2.21. The number of rotatable bonds is 17. The molecule has 0 aromatic carbocycles. The summed E-state index contributed by atoms with van der Waals surface area (Å²) in [6, 6.07) is 0. The summed E-state index contributed by atoms with van der Waals surface area (Å²) in [7, 11) is -3.87. The maximum absolute atomic E-state index is 11.3. The average Bonchev–Trinajstić information content (AvgIpc) is 2.53. The Morgan fingerprint density at radius 2 is 1.12 bits per heavy atom. The van der Waals surface area contributed by atoms with Crippen LogP contribution in [0.5, 0.6) is 0 Å². The van der Waals surface area contributed by atoms with E-state index in [0.29, 0.717) is 12.8 Å². The first-order chi connectivity index (χ1) is 11.4. The van der Waals surface area contributed by atoms with Crippen molar-refractivity contribution < 1.29 is 18.1 Å². The molecule has 0 bridgehead atoms. The molecular formula is C19H40O4S. The molecule has 0 saturated carbocycles. The quantitative estimate of drug-likeness (QED) is 0.264. The normalized spacial score (nSPS) is 14.7. The fraction of sp³-hybridized carbons (Fsp3) is 1.00. The largest absolute Gasteiger partial charge is 0.393 e. The molecule has 0 spiro atoms. The molecule has 0 amide bonds. The van der Waals surface area contributed by atoms with Crippen LogP contribution in [0.4, 0.5) is 0 Å². The molecule has 0 aromatic heterocycles. The van der Waals surface area contributed by atoms with Crippen LogP contribution in [0.15, 0.2) is 0 Å². The first-order valence-corrected chi connectivity index (χ1v) is 11.6. The summed E-state index contributed by atoms with van der Waals surface area (Å²) in [6.45, 7) is 4.06. The number of aliphatic hydroxyl groups is 1. The Labute approximate surface area is 150 Å². The van der Waals surface area contributed by atoms with Crippen LogP contribution in [0.25, 0.3) is 0 Å². The van der Waals surface area contributed by atoms with E-state index in [1.165, 1.54) is 32.1 Å². The summed E-state index contributed by atoms with van der Waals surface area (Å²) in [5.41, 5.74) is 0. The SMILES string of the molecule is CCCCC(CCCCCCCCCCCC(O)CC)S(=O)(=O)O. The summed E-state index contributed by atoms with van der Waals surface area (Å²) in [4.78, 5) is 0. The molecule has 4 nitrogen and oxygen atoms in total. The van der Waals surface area contributed by atoms with Crippen LogP contribution in [0, 0.1) is 0 Å². The lowest BCUT2D eigenvalue weighted by atomic mass is 10.0. The molecule has 0 fully saturated rings. The van der Waals surface area contributed by atoms with Crippen LogP contribution in [-0.2, 0) is 10.1 Å². The van der Waals surface area contributed by atoms with Gasteiger partial charge in [-0.25, -0.2) is 0 Å². The fourth-order valence-electron chi connectivity index (χ4n) is 3.07. The number of hydrogen-bond donors (Lipinski definition) is 2. The van der Waals surface area contributed by atoms with Crippen LogP contribution in [0.3, 0.4) is 0 Å². The molecule has 0 aliphatic rings. The highest BCUT2D eigenvalue weighted by atomic mass is 32.2. The minimum atomic E-state index is -3.87. The lowest BCUT2D eigenvalue weighted by Crippen LogP contribution is -2.20. The standard InChI is InChI=1S/C19H40O4S/c1-3-5-16-19(24(21,22)23)17-14-12-10-8-6-7-9-11-13-15-18(20)4-2/h18-20H,3-17H2,1-2H3,(H,21,22,23). The van der Waals surface area contributed by atoms with Gasteiger partial charge < -0.3 is 5.11 Å². The van der Waals surface area contributed by atoms with Gasteiger partial charge in [0.2, 0.25) is 0 Å². The zero-order valence-corrected chi connectivity index (χ0v) is 16.7. The zero-order valence-electron chi connectivity index (χ0n) is 15.9. The minimum Gasteiger partial charge on any atom is -0.393 e. The molecule has 146 valence electrons. The summed E-state index contributed by atoms with van der Waals surface area (Å²) < 4.78 is 31.9. The Morgan fingerprint density at radius 1 is 0.708 bits per heavy atom. The van der Waals surface area contributed by atoms with Crippen molar-refractivity contribution in [3.8, 4) is 0 Å². The maximum atomic E-state index is 11.3. The van der Waals surface area contributed by atoms with Gasteiger partial charge >= 0.3 is 0 Å². The first kappa shape index (κ1) is 23.9. The van der Waals surface area contributed by atoms with E-state index in [9.17, 15) is 18.1 Å². The van der Waals surface area contributed by atoms with Crippen molar-refractivity contribution in [1.82, 2.24) is 0 Å². The molecule has 0 aromatic rings. The highest BCUT2D eigenvalue weighted by Crippen LogP contribution is 2.18. The van der Waals surface area contributed by atoms with E-state index in [-0.39, 0.29) is 6.10 Å². The maximum Gasteiger partial charge on any atom is 0.267 e. The molecule has 0 radical (unpaired) electrons. The molecule has 0 saturated heterocycles. The van der Waals surface area contributed by atoms with Crippen molar-refractivity contribution in [2.75, 3.05) is 0 Å². The van der Waals surface area contributed by atoms with Gasteiger partial charge in [-0.15, -0.1) is 0 Å². The van der Waals surface area contributed by atoms with Crippen LogP contribution in [0.1, 0.15) is 110 Å². The highest BCUT2D eigenvalue weighted by molar-refractivity contribution is 7.86. The topological polar surface area (TPSA) is 74.6 Å². The van der Waals surface area contributed by atoms with E-state index in [2.05, 4.69) is 0 Å². The van der Waals surface area contributed by atoms with Crippen molar-refractivity contribution >= 4 is 10.1 Å². The predicted octanol–water partition coefficient (Wildman–Crippen LogP) is 5.50. The third kappa shape index (κ3) is 14.2. The Morgan fingerprint density at radius 3 is 1.54 bits per heavy atom. The van der Waals surface area contributed by atoms with Crippen LogP contribution < -0.4 is 0 Å². The van der Waals surface area contributed by atoms with Crippen LogP contribution >= 0.6 is 0 Å². The molecule has 0 aliphatic heterocycles. The Bertz CT molecular complexity index is 368. The molecule has 2 N–H and O–H groups in total. The fourth-order valence-corrected chi connectivity index (χ4v) is 4.00. The summed E-state index contributed by atoms with van der Waals surface area (Å²) in [5.74, 6) is 0. The van der Waals surface area contributed by atoms with Crippen molar-refractivity contribution in [1.29, 1.82) is 0 Å². The van der Waals surface area contributed by atoms with Crippen molar-refractivity contribution in [3.05, 3.63) is 0 Å². The monoisotopic (exact) mass is 364 g/mol. The van der Waals surface area contributed by atoms with Gasteiger partial charge in [-0.05, 0) is 25.7 Å². The van der Waals surface area contributed by atoms with Crippen molar-refractivity contribution in [2.45, 2.75) is 122 Å². The van der Waals surface area contributed by atoms with Crippen LogP contribution in [0.2, 0.25) is 0 Å². The number of hydrogen-bond acceptors (Lipinski definition) is 3. The summed E-state index contributed by atoms with van der Waals surface area (Å²) in [5, 5.41) is 8.91. The average molecular weight is 365 g/mol. The zero-order chi connectivity index (χ0) is 18.3. The molecular weight excluding hydrogens is 324 g/mol. The van der Waals surface area contributed by atoms with E-state index >= 15 is 0 Å². The third-order valence-corrected chi connectivity index (χ3v) is 6.15. The second kappa shape index (κ2) is 15.2. The van der Waals surface area contributed by atoms with Gasteiger partial charge in [0.25, 0.3) is 10.1 Å². The molecule has 0 rings (SSSR count). The van der Waals surface area contributed by atoms with Crippen LogP contribution in [-0.4, -0.2) is 29.4 Å². The smallest absolute Gasteiger partial charge is 0.267 e. The van der Waals surface area contributed by atoms with E-state index in [1.54, 1.807) is 0 Å². The molecule has 2 atom stereocenters. The number of aliphatic hydroxyl groups excluding tert-OH is 1. The Kier molecular flexibility index (Phi) is 15.1. The second-order valence-electron chi connectivity index (χ2n) is 7.10. The second-order valence-corrected chi connectivity index (χ2v) is 8.80. The number of unbranched alkanes of at least 4 members (excludes halogenated alkanes) is 9. The van der Waals surface area contributed by atoms with Gasteiger partial charge in [0.15, 0.2) is 0 Å². The van der Waals surface area contributed by atoms with Gasteiger partial charge in [-0.1, -0.05) is 84.5 Å². The third-order valence-electron chi connectivity index (χ3n) is 4.84. The molecule has 0 heterocycles. The van der Waals surface area contributed by atoms with Crippen molar-refractivity contribution in [2.24, 2.45) is 0 Å². The minimum absolute atomic E-state index is 0.117. The summed E-state index contributed by atoms with van der Waals surface area (Å²) >= 11 is 0.